The van der Waals surface area contributed by atoms with Crippen molar-refractivity contribution < 1.29 is 8.42 Å². The highest BCUT2D eigenvalue weighted by Crippen LogP contribution is 2.22. The molecule has 1 atom stereocenters. The second-order valence-electron chi connectivity index (χ2n) is 6.48. The standard InChI is InChI=1S/C19H24N2O2S/c1-15-3-7-18(8-4-15)24(22,23)19-9-5-17(6-10-19)14-21-12-11-20-13-16(21)2/h3-10,16,20H,11-14H2,1-2H3/t16-/m1/s1. The SMILES string of the molecule is Cc1ccc(S(=O)(=O)c2ccc(CN3CCNC[C@H]3C)cc2)cc1. The third-order valence-corrected chi connectivity index (χ3v) is 6.38. The van der Waals surface area contributed by atoms with E-state index in [4.69, 9.17) is 0 Å². The van der Waals surface area contributed by atoms with E-state index in [9.17, 15) is 8.42 Å². The van der Waals surface area contributed by atoms with Crippen molar-refractivity contribution in [2.24, 2.45) is 0 Å². The van der Waals surface area contributed by atoms with E-state index in [1.165, 1.54) is 0 Å². The first-order valence-corrected chi connectivity index (χ1v) is 9.80. The number of hydrogen-bond donors (Lipinski definition) is 1. The Balaban J connectivity index is 1.77. The molecule has 1 saturated heterocycles. The summed E-state index contributed by atoms with van der Waals surface area (Å²) in [4.78, 5) is 3.11. The van der Waals surface area contributed by atoms with Gasteiger partial charge in [-0.25, -0.2) is 8.42 Å². The van der Waals surface area contributed by atoms with Crippen molar-refractivity contribution in [3.8, 4) is 0 Å². The number of benzene rings is 2. The molecule has 1 fully saturated rings. The maximum Gasteiger partial charge on any atom is 0.206 e. The normalized spacial score (nSPS) is 19.3. The van der Waals surface area contributed by atoms with Gasteiger partial charge in [-0.3, -0.25) is 4.90 Å². The summed E-state index contributed by atoms with van der Waals surface area (Å²) in [6, 6.07) is 14.8. The number of piperazine rings is 1. The summed E-state index contributed by atoms with van der Waals surface area (Å²) in [7, 11) is -3.44. The quantitative estimate of drug-likeness (QED) is 0.926. The lowest BCUT2D eigenvalue weighted by Crippen LogP contribution is -2.49. The topological polar surface area (TPSA) is 49.4 Å². The summed E-state index contributed by atoms with van der Waals surface area (Å²) in [5.74, 6) is 0. The molecule has 2 aromatic rings. The van der Waals surface area contributed by atoms with Gasteiger partial charge in [-0.05, 0) is 43.7 Å². The van der Waals surface area contributed by atoms with Gasteiger partial charge < -0.3 is 5.32 Å². The second kappa shape index (κ2) is 7.05. The lowest BCUT2D eigenvalue weighted by Gasteiger charge is -2.33. The molecule has 1 heterocycles. The van der Waals surface area contributed by atoms with Gasteiger partial charge in [-0.1, -0.05) is 29.8 Å². The summed E-state index contributed by atoms with van der Waals surface area (Å²) < 4.78 is 25.4. The molecular weight excluding hydrogens is 320 g/mol. The van der Waals surface area contributed by atoms with Gasteiger partial charge in [0, 0.05) is 32.2 Å². The molecule has 0 amide bonds. The molecule has 0 saturated carbocycles. The third-order valence-electron chi connectivity index (χ3n) is 4.59. The molecule has 0 aliphatic carbocycles. The van der Waals surface area contributed by atoms with Crippen LogP contribution in [0.1, 0.15) is 18.1 Å². The van der Waals surface area contributed by atoms with E-state index in [2.05, 4.69) is 17.1 Å². The van der Waals surface area contributed by atoms with Crippen molar-refractivity contribution in [1.29, 1.82) is 0 Å². The third kappa shape index (κ3) is 3.69. The predicted molar refractivity (Wildman–Crippen MR) is 95.8 cm³/mol. The number of sulfone groups is 1. The van der Waals surface area contributed by atoms with Gasteiger partial charge in [0.15, 0.2) is 0 Å². The zero-order valence-corrected chi connectivity index (χ0v) is 15.0. The number of aryl methyl sites for hydroxylation is 1. The lowest BCUT2D eigenvalue weighted by molar-refractivity contribution is 0.165. The summed E-state index contributed by atoms with van der Waals surface area (Å²) in [6.45, 7) is 8.03. The molecule has 0 spiro atoms. The number of nitrogens with one attached hydrogen (secondary N) is 1. The highest BCUT2D eigenvalue weighted by atomic mass is 32.2. The summed E-state index contributed by atoms with van der Waals surface area (Å²) >= 11 is 0. The van der Waals surface area contributed by atoms with Crippen LogP contribution in [0.2, 0.25) is 0 Å². The lowest BCUT2D eigenvalue weighted by atomic mass is 10.1. The number of rotatable bonds is 4. The second-order valence-corrected chi connectivity index (χ2v) is 8.43. The van der Waals surface area contributed by atoms with Crippen LogP contribution in [0.3, 0.4) is 0 Å². The molecule has 0 unspecified atom stereocenters. The van der Waals surface area contributed by atoms with Crippen molar-refractivity contribution in [3.63, 3.8) is 0 Å². The van der Waals surface area contributed by atoms with Gasteiger partial charge in [0.2, 0.25) is 9.84 Å². The fourth-order valence-electron chi connectivity index (χ4n) is 2.98. The monoisotopic (exact) mass is 344 g/mol. The first-order valence-electron chi connectivity index (χ1n) is 8.32. The predicted octanol–water partition coefficient (Wildman–Crippen LogP) is 2.62. The number of hydrogen-bond acceptors (Lipinski definition) is 4. The molecular formula is C19H24N2O2S. The van der Waals surface area contributed by atoms with Crippen molar-refractivity contribution in [2.75, 3.05) is 19.6 Å². The molecule has 128 valence electrons. The van der Waals surface area contributed by atoms with E-state index >= 15 is 0 Å². The average Bonchev–Trinajstić information content (AvgIpc) is 2.58. The summed E-state index contributed by atoms with van der Waals surface area (Å²) in [6.07, 6.45) is 0. The minimum atomic E-state index is -3.44. The Kier molecular flexibility index (Phi) is 5.04. The first kappa shape index (κ1) is 17.1. The minimum absolute atomic E-state index is 0.344. The molecule has 4 nitrogen and oxygen atoms in total. The minimum Gasteiger partial charge on any atom is -0.314 e. The van der Waals surface area contributed by atoms with Crippen molar-refractivity contribution in [2.45, 2.75) is 36.2 Å². The molecule has 0 bridgehead atoms. The fourth-order valence-corrected chi connectivity index (χ4v) is 4.24. The fraction of sp³-hybridized carbons (Fsp3) is 0.368. The Labute approximate surface area is 144 Å². The van der Waals surface area contributed by atoms with Crippen LogP contribution < -0.4 is 5.32 Å². The maximum absolute atomic E-state index is 12.7. The van der Waals surface area contributed by atoms with Crippen LogP contribution in [-0.4, -0.2) is 39.0 Å². The van der Waals surface area contributed by atoms with Crippen LogP contribution >= 0.6 is 0 Å². The van der Waals surface area contributed by atoms with Crippen LogP contribution in [0, 0.1) is 6.92 Å². The van der Waals surface area contributed by atoms with E-state index in [0.29, 0.717) is 15.8 Å². The Morgan fingerprint density at radius 2 is 1.62 bits per heavy atom. The largest absolute Gasteiger partial charge is 0.314 e. The summed E-state index contributed by atoms with van der Waals surface area (Å²) in [5.41, 5.74) is 2.20. The van der Waals surface area contributed by atoms with E-state index in [1.54, 1.807) is 24.3 Å². The van der Waals surface area contributed by atoms with Crippen molar-refractivity contribution in [1.82, 2.24) is 10.2 Å². The van der Waals surface area contributed by atoms with Gasteiger partial charge in [-0.2, -0.15) is 0 Å². The average molecular weight is 344 g/mol. The molecule has 0 radical (unpaired) electrons. The van der Waals surface area contributed by atoms with Gasteiger partial charge in [-0.15, -0.1) is 0 Å². The van der Waals surface area contributed by atoms with Crippen molar-refractivity contribution >= 4 is 9.84 Å². The zero-order valence-electron chi connectivity index (χ0n) is 14.2. The molecule has 3 rings (SSSR count). The Bertz CT molecular complexity index is 783. The van der Waals surface area contributed by atoms with E-state index < -0.39 is 9.84 Å². The van der Waals surface area contributed by atoms with Crippen LogP contribution in [-0.2, 0) is 16.4 Å². The van der Waals surface area contributed by atoms with E-state index in [0.717, 1.165) is 37.3 Å². The van der Waals surface area contributed by atoms with E-state index in [1.807, 2.05) is 31.2 Å². The van der Waals surface area contributed by atoms with Crippen molar-refractivity contribution in [3.05, 3.63) is 59.7 Å². The molecule has 1 aliphatic heterocycles. The van der Waals surface area contributed by atoms with Gasteiger partial charge >= 0.3 is 0 Å². The Morgan fingerprint density at radius 1 is 1.04 bits per heavy atom. The van der Waals surface area contributed by atoms with Gasteiger partial charge in [0.25, 0.3) is 0 Å². The van der Waals surface area contributed by atoms with Crippen LogP contribution in [0.4, 0.5) is 0 Å². The van der Waals surface area contributed by atoms with Crippen LogP contribution in [0.5, 0.6) is 0 Å². The molecule has 24 heavy (non-hydrogen) atoms. The van der Waals surface area contributed by atoms with Gasteiger partial charge in [0.05, 0.1) is 9.79 Å². The molecule has 2 aromatic carbocycles. The first-order chi connectivity index (χ1) is 11.5. The molecule has 0 aromatic heterocycles. The van der Waals surface area contributed by atoms with Crippen LogP contribution in [0.15, 0.2) is 58.3 Å². The smallest absolute Gasteiger partial charge is 0.206 e. The molecule has 1 aliphatic rings. The van der Waals surface area contributed by atoms with Gasteiger partial charge in [0.1, 0.15) is 0 Å². The molecule has 5 heteroatoms. The zero-order chi connectivity index (χ0) is 17.2. The van der Waals surface area contributed by atoms with Crippen LogP contribution in [0.25, 0.3) is 0 Å². The van der Waals surface area contributed by atoms with E-state index in [-0.39, 0.29) is 0 Å². The summed E-state index contributed by atoms with van der Waals surface area (Å²) in [5, 5.41) is 3.38. The highest BCUT2D eigenvalue weighted by molar-refractivity contribution is 7.91. The number of nitrogens with zero attached hydrogens (tertiary/aromatic N) is 1. The Morgan fingerprint density at radius 3 is 2.21 bits per heavy atom. The maximum atomic E-state index is 12.7. The Hall–Kier alpha value is -1.69. The highest BCUT2D eigenvalue weighted by Gasteiger charge is 2.19. The molecule has 1 N–H and O–H groups in total.